The van der Waals surface area contributed by atoms with E-state index >= 15 is 0 Å². The zero-order valence-electron chi connectivity index (χ0n) is 13.2. The van der Waals surface area contributed by atoms with Gasteiger partial charge in [0.15, 0.2) is 6.10 Å². The first-order chi connectivity index (χ1) is 8.18. The van der Waals surface area contributed by atoms with E-state index in [2.05, 4.69) is 6.92 Å². The van der Waals surface area contributed by atoms with Gasteiger partial charge in [-0.3, -0.25) is 0 Å². The van der Waals surface area contributed by atoms with Crippen LogP contribution in [0.5, 0.6) is 0 Å². The molecular formula is C14H29LiO3. The number of hydrogen-bond acceptors (Lipinski definition) is 2. The van der Waals surface area contributed by atoms with E-state index in [0.29, 0.717) is 6.42 Å². The van der Waals surface area contributed by atoms with E-state index in [-0.39, 0.29) is 20.3 Å². The standard InChI is InChI=1S/C14H28O3.Li.H/c1-2-3-4-5-6-7-8-9-10-11-12-13(15)14(16)17;;/h13,15H,2-12H2,1H3,(H,16,17);;/q;+1;-1. The van der Waals surface area contributed by atoms with Gasteiger partial charge in [0.25, 0.3) is 0 Å². The molecule has 0 aliphatic heterocycles. The van der Waals surface area contributed by atoms with Crippen molar-refractivity contribution in [2.75, 3.05) is 0 Å². The van der Waals surface area contributed by atoms with Gasteiger partial charge in [-0.25, -0.2) is 4.79 Å². The van der Waals surface area contributed by atoms with Gasteiger partial charge in [-0.15, -0.1) is 0 Å². The third-order valence-electron chi connectivity index (χ3n) is 3.12. The van der Waals surface area contributed by atoms with Crippen molar-refractivity contribution in [2.45, 2.75) is 83.7 Å². The summed E-state index contributed by atoms with van der Waals surface area (Å²) in [6.45, 7) is 2.23. The summed E-state index contributed by atoms with van der Waals surface area (Å²) >= 11 is 0. The van der Waals surface area contributed by atoms with E-state index in [1.54, 1.807) is 0 Å². The number of carboxylic acids is 1. The number of carbonyl (C=O) groups is 1. The molecule has 0 bridgehead atoms. The maximum atomic E-state index is 10.3. The normalized spacial score (nSPS) is 11.9. The Morgan fingerprint density at radius 1 is 0.944 bits per heavy atom. The van der Waals surface area contributed by atoms with E-state index in [1.807, 2.05) is 0 Å². The minimum Gasteiger partial charge on any atom is -1.00 e. The molecule has 0 aromatic carbocycles. The molecule has 0 aromatic heterocycles. The van der Waals surface area contributed by atoms with Crippen LogP contribution in [0.3, 0.4) is 0 Å². The van der Waals surface area contributed by atoms with Crippen LogP contribution in [-0.4, -0.2) is 22.3 Å². The van der Waals surface area contributed by atoms with E-state index in [4.69, 9.17) is 10.2 Å². The van der Waals surface area contributed by atoms with Gasteiger partial charge >= 0.3 is 24.8 Å². The number of rotatable bonds is 12. The fourth-order valence-corrected chi connectivity index (χ4v) is 1.95. The van der Waals surface area contributed by atoms with Gasteiger partial charge in [0, 0.05) is 0 Å². The van der Waals surface area contributed by atoms with Gasteiger partial charge < -0.3 is 11.6 Å². The second-order valence-corrected chi connectivity index (χ2v) is 4.82. The Morgan fingerprint density at radius 2 is 1.33 bits per heavy atom. The first-order valence-corrected chi connectivity index (χ1v) is 7.09. The number of unbranched alkanes of at least 4 members (excludes halogenated alkanes) is 9. The average Bonchev–Trinajstić information content (AvgIpc) is 2.31. The zero-order valence-corrected chi connectivity index (χ0v) is 12.2. The van der Waals surface area contributed by atoms with E-state index in [0.717, 1.165) is 12.8 Å². The van der Waals surface area contributed by atoms with Crippen molar-refractivity contribution in [3.8, 4) is 0 Å². The molecule has 0 radical (unpaired) electrons. The van der Waals surface area contributed by atoms with Crippen LogP contribution in [0.25, 0.3) is 0 Å². The van der Waals surface area contributed by atoms with Crippen LogP contribution in [0.4, 0.5) is 0 Å². The maximum Gasteiger partial charge on any atom is 1.00 e. The van der Waals surface area contributed by atoms with E-state index < -0.39 is 12.1 Å². The van der Waals surface area contributed by atoms with Crippen molar-refractivity contribution < 1.29 is 35.3 Å². The van der Waals surface area contributed by atoms with Crippen LogP contribution in [0, 0.1) is 0 Å². The zero-order chi connectivity index (χ0) is 12.9. The average molecular weight is 252 g/mol. The van der Waals surface area contributed by atoms with Gasteiger partial charge in [0.2, 0.25) is 0 Å². The molecule has 18 heavy (non-hydrogen) atoms. The first-order valence-electron chi connectivity index (χ1n) is 7.09. The Bertz CT molecular complexity index is 192. The minimum absolute atomic E-state index is 0. The van der Waals surface area contributed by atoms with Crippen molar-refractivity contribution in [1.29, 1.82) is 0 Å². The third kappa shape index (κ3) is 14.1. The molecule has 1 atom stereocenters. The van der Waals surface area contributed by atoms with Crippen LogP contribution >= 0.6 is 0 Å². The summed E-state index contributed by atoms with van der Waals surface area (Å²) in [6.07, 6.45) is 11.5. The molecule has 2 N–H and O–H groups in total. The Kier molecular flexibility index (Phi) is 17.1. The summed E-state index contributed by atoms with van der Waals surface area (Å²) in [5, 5.41) is 17.5. The Labute approximate surface area is 125 Å². The summed E-state index contributed by atoms with van der Waals surface area (Å²) in [7, 11) is 0. The Balaban J connectivity index is -0.00000128. The molecular weight excluding hydrogens is 223 g/mol. The quantitative estimate of drug-likeness (QED) is 0.400. The number of hydrogen-bond donors (Lipinski definition) is 2. The molecule has 0 rings (SSSR count). The molecule has 3 nitrogen and oxygen atoms in total. The Morgan fingerprint density at radius 3 is 1.72 bits per heavy atom. The third-order valence-corrected chi connectivity index (χ3v) is 3.12. The predicted octanol–water partition coefficient (Wildman–Crippen LogP) is 0.859. The SMILES string of the molecule is CCCCCCCCCCCCC(O)C(=O)O.[H-].[Li+]. The van der Waals surface area contributed by atoms with Crippen molar-refractivity contribution in [2.24, 2.45) is 0 Å². The number of aliphatic hydroxyl groups excluding tert-OH is 1. The van der Waals surface area contributed by atoms with E-state index in [9.17, 15) is 4.79 Å². The van der Waals surface area contributed by atoms with Gasteiger partial charge in [-0.2, -0.15) is 0 Å². The molecule has 0 saturated carbocycles. The fraction of sp³-hybridized carbons (Fsp3) is 0.929. The van der Waals surface area contributed by atoms with Gasteiger partial charge in [-0.1, -0.05) is 71.1 Å². The monoisotopic (exact) mass is 252 g/mol. The van der Waals surface area contributed by atoms with Gasteiger partial charge in [0.05, 0.1) is 0 Å². The van der Waals surface area contributed by atoms with Crippen LogP contribution in [0.1, 0.15) is 79.0 Å². The van der Waals surface area contributed by atoms with Crippen molar-refractivity contribution in [1.82, 2.24) is 0 Å². The molecule has 4 heteroatoms. The topological polar surface area (TPSA) is 57.5 Å². The summed E-state index contributed by atoms with van der Waals surface area (Å²) in [5.74, 6) is -1.10. The molecule has 0 aromatic rings. The fourth-order valence-electron chi connectivity index (χ4n) is 1.95. The second-order valence-electron chi connectivity index (χ2n) is 4.82. The number of carboxylic acid groups (broad SMARTS) is 1. The molecule has 0 fully saturated rings. The largest absolute Gasteiger partial charge is 1.00 e. The molecule has 0 amide bonds. The van der Waals surface area contributed by atoms with E-state index in [1.165, 1.54) is 51.4 Å². The molecule has 1 unspecified atom stereocenters. The molecule has 0 heterocycles. The molecule has 0 spiro atoms. The van der Waals surface area contributed by atoms with Gasteiger partial charge in [0.1, 0.15) is 0 Å². The second kappa shape index (κ2) is 15.1. The summed E-state index contributed by atoms with van der Waals surface area (Å²) < 4.78 is 0. The van der Waals surface area contributed by atoms with Gasteiger partial charge in [-0.05, 0) is 6.42 Å². The van der Waals surface area contributed by atoms with Crippen molar-refractivity contribution in [3.63, 3.8) is 0 Å². The molecule has 0 aliphatic carbocycles. The van der Waals surface area contributed by atoms with Crippen molar-refractivity contribution >= 4 is 5.97 Å². The first kappa shape index (κ1) is 20.3. The minimum atomic E-state index is -1.16. The predicted molar refractivity (Wildman–Crippen MR) is 71.2 cm³/mol. The summed E-state index contributed by atoms with van der Waals surface area (Å²) in [6, 6.07) is 0. The maximum absolute atomic E-state index is 10.3. The summed E-state index contributed by atoms with van der Waals surface area (Å²) in [4.78, 5) is 10.3. The molecule has 0 aliphatic rings. The van der Waals surface area contributed by atoms with Crippen LogP contribution in [-0.2, 0) is 4.79 Å². The Hall–Kier alpha value is 0.0274. The summed E-state index contributed by atoms with van der Waals surface area (Å²) in [5.41, 5.74) is 0. The number of aliphatic carboxylic acids is 1. The molecule has 0 saturated heterocycles. The van der Waals surface area contributed by atoms with Crippen LogP contribution in [0.2, 0.25) is 0 Å². The van der Waals surface area contributed by atoms with Crippen LogP contribution in [0.15, 0.2) is 0 Å². The smallest absolute Gasteiger partial charge is 1.00 e. The number of aliphatic hydroxyl groups is 1. The van der Waals surface area contributed by atoms with Crippen LogP contribution < -0.4 is 18.9 Å². The van der Waals surface area contributed by atoms with Crippen molar-refractivity contribution in [3.05, 3.63) is 0 Å². The molecule has 104 valence electrons.